The van der Waals surface area contributed by atoms with E-state index in [1.807, 2.05) is 12.1 Å². The lowest BCUT2D eigenvalue weighted by Gasteiger charge is -2.30. The minimum absolute atomic E-state index is 0.128. The lowest BCUT2D eigenvalue weighted by atomic mass is 9.93. The molecule has 2 N–H and O–H groups in total. The zero-order chi connectivity index (χ0) is 17.3. The van der Waals surface area contributed by atoms with E-state index in [0.717, 1.165) is 11.3 Å². The Morgan fingerprint density at radius 2 is 1.83 bits per heavy atom. The fraction of sp³-hybridized carbons (Fsp3) is 0.350. The molecule has 0 amide bonds. The summed E-state index contributed by atoms with van der Waals surface area (Å²) in [7, 11) is 1.71. The summed E-state index contributed by atoms with van der Waals surface area (Å²) in [6.07, 6.45) is 0. The van der Waals surface area contributed by atoms with E-state index in [2.05, 4.69) is 54.9 Å². The molecule has 0 saturated carbocycles. The Kier molecular flexibility index (Phi) is 4.58. The van der Waals surface area contributed by atoms with Crippen molar-refractivity contribution in [3.05, 3.63) is 64.2 Å². The number of hydrogen-bond acceptors (Lipinski definition) is 4. The number of hydrogen-bond donors (Lipinski definition) is 1. The third-order valence-electron chi connectivity index (χ3n) is 4.61. The molecule has 1 unspecified atom stereocenters. The summed E-state index contributed by atoms with van der Waals surface area (Å²) < 4.78 is 5.36. The van der Waals surface area contributed by atoms with Gasteiger partial charge < -0.3 is 15.4 Å². The number of rotatable bonds is 4. The highest BCUT2D eigenvalue weighted by atomic mass is 16.5. The zero-order valence-electron chi connectivity index (χ0n) is 14.8. The molecule has 1 aliphatic heterocycles. The summed E-state index contributed by atoms with van der Waals surface area (Å²) >= 11 is 0. The number of ether oxygens (including phenoxy) is 1. The number of anilines is 1. The van der Waals surface area contributed by atoms with Gasteiger partial charge in [0.15, 0.2) is 5.96 Å². The van der Waals surface area contributed by atoms with Crippen molar-refractivity contribution in [2.24, 2.45) is 10.7 Å². The topological polar surface area (TPSA) is 50.9 Å². The zero-order valence-corrected chi connectivity index (χ0v) is 14.8. The number of para-hydroxylation sites is 1. The quantitative estimate of drug-likeness (QED) is 0.934. The Morgan fingerprint density at radius 3 is 2.50 bits per heavy atom. The van der Waals surface area contributed by atoms with Crippen molar-refractivity contribution in [1.82, 2.24) is 0 Å². The minimum atomic E-state index is 0.128. The lowest BCUT2D eigenvalue weighted by molar-refractivity contribution is 0.185. The van der Waals surface area contributed by atoms with Gasteiger partial charge in [-0.15, -0.1) is 0 Å². The molecule has 1 heterocycles. The van der Waals surface area contributed by atoms with Crippen molar-refractivity contribution in [2.45, 2.75) is 33.4 Å². The van der Waals surface area contributed by atoms with Crippen LogP contribution in [0.5, 0.6) is 0 Å². The molecule has 0 aromatic heterocycles. The van der Waals surface area contributed by atoms with Crippen molar-refractivity contribution in [3.8, 4) is 0 Å². The first kappa shape index (κ1) is 16.5. The second-order valence-corrected chi connectivity index (χ2v) is 6.46. The summed E-state index contributed by atoms with van der Waals surface area (Å²) in [5.41, 5.74) is 13.6. The summed E-state index contributed by atoms with van der Waals surface area (Å²) in [6, 6.07) is 12.8. The second kappa shape index (κ2) is 6.65. The summed E-state index contributed by atoms with van der Waals surface area (Å²) in [4.78, 5) is 6.69. The van der Waals surface area contributed by atoms with Gasteiger partial charge in [-0.25, -0.2) is 0 Å². The number of nitrogens with two attached hydrogens (primary N) is 1. The van der Waals surface area contributed by atoms with Crippen LogP contribution in [0.4, 0.5) is 5.69 Å². The maximum atomic E-state index is 6.27. The number of aliphatic imine (C=N–C) groups is 1. The van der Waals surface area contributed by atoms with E-state index in [9.17, 15) is 0 Å². The van der Waals surface area contributed by atoms with Gasteiger partial charge in [-0.05, 0) is 43.5 Å². The van der Waals surface area contributed by atoms with Gasteiger partial charge in [0.1, 0.15) is 0 Å². The molecule has 2 aromatic rings. The van der Waals surface area contributed by atoms with Crippen LogP contribution in [0.1, 0.15) is 33.9 Å². The Hall–Kier alpha value is -2.33. The normalized spacial score (nSPS) is 17.2. The number of aryl methyl sites for hydroxylation is 3. The van der Waals surface area contributed by atoms with E-state index < -0.39 is 0 Å². The maximum absolute atomic E-state index is 6.27. The maximum Gasteiger partial charge on any atom is 0.196 e. The van der Waals surface area contributed by atoms with E-state index in [1.54, 1.807) is 7.11 Å². The molecule has 1 aliphatic rings. The van der Waals surface area contributed by atoms with Gasteiger partial charge in [-0.1, -0.05) is 35.9 Å². The van der Waals surface area contributed by atoms with E-state index in [4.69, 9.17) is 10.5 Å². The first-order valence-electron chi connectivity index (χ1n) is 8.26. The van der Waals surface area contributed by atoms with Gasteiger partial charge in [0.2, 0.25) is 0 Å². The highest BCUT2D eigenvalue weighted by molar-refractivity contribution is 5.98. The second-order valence-electron chi connectivity index (χ2n) is 6.46. The first-order chi connectivity index (χ1) is 11.5. The fourth-order valence-corrected chi connectivity index (χ4v) is 3.75. The number of benzene rings is 2. The fourth-order valence-electron chi connectivity index (χ4n) is 3.75. The smallest absolute Gasteiger partial charge is 0.196 e. The van der Waals surface area contributed by atoms with Crippen LogP contribution in [-0.2, 0) is 11.3 Å². The molecule has 3 rings (SSSR count). The molecular weight excluding hydrogens is 298 g/mol. The SMILES string of the molecule is COCc1ccccc1N1C(N)=NCC1c1c(C)cc(C)cc1C. The van der Waals surface area contributed by atoms with Gasteiger partial charge in [-0.3, -0.25) is 4.99 Å². The van der Waals surface area contributed by atoms with Crippen LogP contribution >= 0.6 is 0 Å². The molecule has 0 aliphatic carbocycles. The van der Waals surface area contributed by atoms with Gasteiger partial charge in [0, 0.05) is 12.7 Å². The van der Waals surface area contributed by atoms with Crippen LogP contribution in [0, 0.1) is 20.8 Å². The molecule has 4 nitrogen and oxygen atoms in total. The molecule has 0 saturated heterocycles. The van der Waals surface area contributed by atoms with E-state index in [1.165, 1.54) is 22.3 Å². The van der Waals surface area contributed by atoms with Crippen LogP contribution in [0.25, 0.3) is 0 Å². The molecule has 0 radical (unpaired) electrons. The predicted molar refractivity (Wildman–Crippen MR) is 99.5 cm³/mol. The summed E-state index contributed by atoms with van der Waals surface area (Å²) in [5.74, 6) is 0.572. The van der Waals surface area contributed by atoms with E-state index >= 15 is 0 Å². The van der Waals surface area contributed by atoms with E-state index in [-0.39, 0.29) is 6.04 Å². The van der Waals surface area contributed by atoms with Crippen LogP contribution < -0.4 is 10.6 Å². The number of guanidine groups is 1. The minimum Gasteiger partial charge on any atom is -0.380 e. The molecular formula is C20H25N3O. The van der Waals surface area contributed by atoms with Crippen LogP contribution in [0.2, 0.25) is 0 Å². The largest absolute Gasteiger partial charge is 0.380 e. The van der Waals surface area contributed by atoms with Gasteiger partial charge in [-0.2, -0.15) is 0 Å². The van der Waals surface area contributed by atoms with Crippen LogP contribution in [0.15, 0.2) is 41.4 Å². The van der Waals surface area contributed by atoms with Crippen molar-refractivity contribution in [2.75, 3.05) is 18.6 Å². The Labute approximate surface area is 144 Å². The van der Waals surface area contributed by atoms with Gasteiger partial charge in [0.25, 0.3) is 0 Å². The average Bonchev–Trinajstić information content (AvgIpc) is 2.89. The third kappa shape index (κ3) is 2.89. The molecule has 2 aromatic carbocycles. The van der Waals surface area contributed by atoms with Crippen molar-refractivity contribution in [1.29, 1.82) is 0 Å². The standard InChI is InChI=1S/C20H25N3O/c1-13-9-14(2)19(15(3)10-13)18-11-22-20(21)23(18)17-8-6-5-7-16(17)12-24-4/h5-10,18H,11-12H2,1-4H3,(H2,21,22). The number of methoxy groups -OCH3 is 1. The highest BCUT2D eigenvalue weighted by Gasteiger charge is 2.32. The molecule has 0 bridgehead atoms. The Bertz CT molecular complexity index is 759. The summed E-state index contributed by atoms with van der Waals surface area (Å²) in [6.45, 7) is 7.71. The molecule has 0 spiro atoms. The predicted octanol–water partition coefficient (Wildman–Crippen LogP) is 3.63. The first-order valence-corrected chi connectivity index (χ1v) is 8.26. The van der Waals surface area contributed by atoms with Crippen molar-refractivity contribution >= 4 is 11.6 Å². The third-order valence-corrected chi connectivity index (χ3v) is 4.61. The average molecular weight is 323 g/mol. The molecule has 0 fully saturated rings. The highest BCUT2D eigenvalue weighted by Crippen LogP contribution is 2.36. The summed E-state index contributed by atoms with van der Waals surface area (Å²) in [5, 5.41) is 0. The Balaban J connectivity index is 2.09. The monoisotopic (exact) mass is 323 g/mol. The molecule has 24 heavy (non-hydrogen) atoms. The number of nitrogens with zero attached hydrogens (tertiary/aromatic N) is 2. The molecule has 1 atom stereocenters. The van der Waals surface area contributed by atoms with Crippen LogP contribution in [0.3, 0.4) is 0 Å². The van der Waals surface area contributed by atoms with Crippen LogP contribution in [-0.4, -0.2) is 19.6 Å². The van der Waals surface area contributed by atoms with Crippen molar-refractivity contribution < 1.29 is 4.74 Å². The molecule has 4 heteroatoms. The van der Waals surface area contributed by atoms with Gasteiger partial charge >= 0.3 is 0 Å². The lowest BCUT2D eigenvalue weighted by Crippen LogP contribution is -2.37. The Morgan fingerprint density at radius 1 is 1.17 bits per heavy atom. The molecule has 126 valence electrons. The van der Waals surface area contributed by atoms with Gasteiger partial charge in [0.05, 0.1) is 24.9 Å². The van der Waals surface area contributed by atoms with E-state index in [0.29, 0.717) is 19.1 Å². The van der Waals surface area contributed by atoms with Crippen molar-refractivity contribution in [3.63, 3.8) is 0 Å².